The molecule has 14 heteroatoms. The molecule has 0 bridgehead atoms. The maximum atomic E-state index is 12.8. The van der Waals surface area contributed by atoms with Crippen molar-refractivity contribution in [1.82, 2.24) is 31.2 Å². The van der Waals surface area contributed by atoms with Gasteiger partial charge < -0.3 is 42.2 Å². The Kier molecular flexibility index (Phi) is 11.7. The molecular formula is C20H33N7O7. The van der Waals surface area contributed by atoms with E-state index in [0.717, 1.165) is 0 Å². The molecule has 0 aliphatic carbocycles. The molecule has 9 N–H and O–H groups in total. The third-order valence-corrected chi connectivity index (χ3v) is 5.17. The van der Waals surface area contributed by atoms with Gasteiger partial charge in [-0.25, -0.2) is 4.98 Å². The normalized spacial score (nSPS) is 26.4. The van der Waals surface area contributed by atoms with Gasteiger partial charge in [-0.15, -0.1) is 0 Å². The van der Waals surface area contributed by atoms with Crippen molar-refractivity contribution in [2.75, 3.05) is 13.2 Å². The molecule has 1 saturated heterocycles. The number of amides is 5. The smallest absolute Gasteiger partial charge is 0.245 e. The molecule has 14 nitrogen and oxygen atoms in total. The quantitative estimate of drug-likeness (QED) is 0.194. The van der Waals surface area contributed by atoms with E-state index in [9.17, 15) is 29.4 Å². The highest BCUT2D eigenvalue weighted by molar-refractivity contribution is 5.95. The number of carbonyl (C=O) groups excluding carboxylic acids is 5. The van der Waals surface area contributed by atoms with Crippen LogP contribution in [0.3, 0.4) is 0 Å². The van der Waals surface area contributed by atoms with E-state index in [-0.39, 0.29) is 18.7 Å². The van der Waals surface area contributed by atoms with Crippen LogP contribution in [0.2, 0.25) is 0 Å². The molecule has 5 amide bonds. The van der Waals surface area contributed by atoms with E-state index in [0.29, 0.717) is 5.69 Å². The fourth-order valence-electron chi connectivity index (χ4n) is 3.33. The summed E-state index contributed by atoms with van der Waals surface area (Å²) >= 11 is 0. The zero-order valence-corrected chi connectivity index (χ0v) is 19.3. The average Bonchev–Trinajstić information content (AvgIpc) is 3.29. The SMILES string of the molecule is CC(C)C1NC(=O)[C@H](C)NC(=O)C(Cc2cnc[nH]2)NC(=O)[C@H](CO)NC(=O)[C@@H]1CO.NC=O. The number of primary amides is 1. The highest BCUT2D eigenvalue weighted by Crippen LogP contribution is 2.15. The predicted molar refractivity (Wildman–Crippen MR) is 118 cm³/mol. The maximum absolute atomic E-state index is 12.8. The number of hydrogen-bond donors (Lipinski definition) is 8. The van der Waals surface area contributed by atoms with E-state index in [1.54, 1.807) is 13.8 Å². The van der Waals surface area contributed by atoms with Crippen molar-refractivity contribution in [2.24, 2.45) is 17.6 Å². The first-order valence-electron chi connectivity index (χ1n) is 10.6. The first kappa shape index (κ1) is 28.5. The van der Waals surface area contributed by atoms with Crippen molar-refractivity contribution in [3.63, 3.8) is 0 Å². The molecule has 0 saturated carbocycles. The summed E-state index contributed by atoms with van der Waals surface area (Å²) in [5.74, 6) is -3.94. The summed E-state index contributed by atoms with van der Waals surface area (Å²) in [6.45, 7) is 3.70. The third-order valence-electron chi connectivity index (χ3n) is 5.17. The van der Waals surface area contributed by atoms with Crippen LogP contribution >= 0.6 is 0 Å². The Balaban J connectivity index is 0.00000182. The number of aromatic nitrogens is 2. The van der Waals surface area contributed by atoms with E-state index in [4.69, 9.17) is 4.79 Å². The molecule has 0 radical (unpaired) electrons. The Morgan fingerprint density at radius 1 is 0.971 bits per heavy atom. The molecule has 5 atom stereocenters. The van der Waals surface area contributed by atoms with Crippen molar-refractivity contribution in [1.29, 1.82) is 0 Å². The molecule has 0 spiro atoms. The van der Waals surface area contributed by atoms with Crippen LogP contribution in [-0.4, -0.2) is 87.6 Å². The van der Waals surface area contributed by atoms with Gasteiger partial charge in [0.2, 0.25) is 30.0 Å². The molecule has 0 aromatic carbocycles. The van der Waals surface area contributed by atoms with Crippen LogP contribution in [0.25, 0.3) is 0 Å². The minimum atomic E-state index is -1.35. The Hall–Kier alpha value is -3.52. The largest absolute Gasteiger partial charge is 0.395 e. The molecule has 1 aromatic rings. The Labute approximate surface area is 196 Å². The summed E-state index contributed by atoms with van der Waals surface area (Å²) in [7, 11) is 0. The van der Waals surface area contributed by atoms with E-state index in [1.165, 1.54) is 19.4 Å². The lowest BCUT2D eigenvalue weighted by atomic mass is 9.89. The van der Waals surface area contributed by atoms with Crippen LogP contribution in [-0.2, 0) is 30.4 Å². The fraction of sp³-hybridized carbons (Fsp3) is 0.600. The number of imidazole rings is 1. The van der Waals surface area contributed by atoms with Gasteiger partial charge in [-0.3, -0.25) is 24.0 Å². The average molecular weight is 484 g/mol. The number of H-pyrrole nitrogens is 1. The van der Waals surface area contributed by atoms with Crippen LogP contribution in [0.15, 0.2) is 12.5 Å². The van der Waals surface area contributed by atoms with Gasteiger partial charge in [0.25, 0.3) is 0 Å². The fourth-order valence-corrected chi connectivity index (χ4v) is 3.33. The second kappa shape index (κ2) is 13.9. The van der Waals surface area contributed by atoms with Crippen LogP contribution in [0.5, 0.6) is 0 Å². The minimum absolute atomic E-state index is 0.0475. The minimum Gasteiger partial charge on any atom is -0.395 e. The number of aliphatic hydroxyl groups is 2. The number of hydrogen-bond acceptors (Lipinski definition) is 8. The van der Waals surface area contributed by atoms with E-state index < -0.39 is 66.9 Å². The van der Waals surface area contributed by atoms with Gasteiger partial charge in [0.1, 0.15) is 18.1 Å². The Morgan fingerprint density at radius 2 is 1.56 bits per heavy atom. The topological polar surface area (TPSA) is 229 Å². The first-order chi connectivity index (χ1) is 16.1. The molecular weight excluding hydrogens is 450 g/mol. The van der Waals surface area contributed by atoms with Crippen molar-refractivity contribution < 1.29 is 34.2 Å². The molecule has 190 valence electrons. The van der Waals surface area contributed by atoms with Gasteiger partial charge >= 0.3 is 0 Å². The third kappa shape index (κ3) is 8.12. The number of aromatic amines is 1. The van der Waals surface area contributed by atoms with Gasteiger partial charge in [-0.2, -0.15) is 0 Å². The van der Waals surface area contributed by atoms with Gasteiger partial charge in [0.05, 0.1) is 25.5 Å². The summed E-state index contributed by atoms with van der Waals surface area (Å²) in [6.07, 6.45) is 3.20. The van der Waals surface area contributed by atoms with Crippen molar-refractivity contribution >= 4 is 30.0 Å². The lowest BCUT2D eigenvalue weighted by molar-refractivity contribution is -0.135. The molecule has 1 aliphatic heterocycles. The van der Waals surface area contributed by atoms with Crippen LogP contribution < -0.4 is 27.0 Å². The van der Waals surface area contributed by atoms with Crippen molar-refractivity contribution in [2.45, 2.75) is 51.4 Å². The van der Waals surface area contributed by atoms with Gasteiger partial charge in [-0.05, 0) is 12.8 Å². The Morgan fingerprint density at radius 3 is 2.06 bits per heavy atom. The number of nitrogens with one attached hydrogen (secondary N) is 5. The van der Waals surface area contributed by atoms with Crippen LogP contribution in [0, 0.1) is 11.8 Å². The number of carbonyl (C=O) groups is 5. The monoisotopic (exact) mass is 483 g/mol. The zero-order valence-electron chi connectivity index (χ0n) is 19.3. The van der Waals surface area contributed by atoms with Crippen LogP contribution in [0.1, 0.15) is 26.5 Å². The van der Waals surface area contributed by atoms with E-state index >= 15 is 0 Å². The van der Waals surface area contributed by atoms with Crippen molar-refractivity contribution in [3.8, 4) is 0 Å². The van der Waals surface area contributed by atoms with Crippen molar-refractivity contribution in [3.05, 3.63) is 18.2 Å². The lowest BCUT2D eigenvalue weighted by Gasteiger charge is -2.30. The molecule has 1 aromatic heterocycles. The molecule has 34 heavy (non-hydrogen) atoms. The second-order valence-electron chi connectivity index (χ2n) is 8.02. The van der Waals surface area contributed by atoms with E-state index in [2.05, 4.69) is 37.0 Å². The highest BCUT2D eigenvalue weighted by Gasteiger charge is 2.36. The summed E-state index contributed by atoms with van der Waals surface area (Å²) in [6, 6.07) is -4.17. The zero-order chi connectivity index (χ0) is 25.8. The Bertz CT molecular complexity index is 831. The number of rotatable bonds is 5. The van der Waals surface area contributed by atoms with Gasteiger partial charge in [-0.1, -0.05) is 13.8 Å². The summed E-state index contributed by atoms with van der Waals surface area (Å²) < 4.78 is 0. The lowest BCUT2D eigenvalue weighted by Crippen LogP contribution is -2.57. The highest BCUT2D eigenvalue weighted by atomic mass is 16.3. The molecule has 2 heterocycles. The molecule has 2 rings (SSSR count). The first-order valence-corrected chi connectivity index (χ1v) is 10.6. The second-order valence-corrected chi connectivity index (χ2v) is 8.02. The number of aliphatic hydroxyl groups excluding tert-OH is 2. The molecule has 1 fully saturated rings. The van der Waals surface area contributed by atoms with E-state index in [1.807, 2.05) is 0 Å². The summed E-state index contributed by atoms with van der Waals surface area (Å²) in [4.78, 5) is 66.2. The maximum Gasteiger partial charge on any atom is 0.245 e. The number of nitrogens with zero attached hydrogens (tertiary/aromatic N) is 1. The standard InChI is InChI=1S/C19H30N6O6.CH3NO/c1-9(2)15-12(6-26)17(29)24-14(7-27)19(31)23-13(4-11-5-20-8-21-11)18(30)22-10(3)16(28)25-15;2-1-3/h5,8-10,12-15,26-27H,4,6-7H2,1-3H3,(H,20,21)(H,22,30)(H,23,31)(H,24,29)(H,25,28);1H,(H2,2,3)/t10-,12+,13?,14-,15?;/m0./s1. The summed E-state index contributed by atoms with van der Waals surface area (Å²) in [5, 5.41) is 29.6. The van der Waals surface area contributed by atoms with Crippen LogP contribution in [0.4, 0.5) is 0 Å². The molecule has 2 unspecified atom stereocenters. The predicted octanol–water partition coefficient (Wildman–Crippen LogP) is -3.72. The number of nitrogens with two attached hydrogens (primary N) is 1. The van der Waals surface area contributed by atoms with Gasteiger partial charge in [0, 0.05) is 24.4 Å². The summed E-state index contributed by atoms with van der Waals surface area (Å²) in [5.41, 5.74) is 4.73. The van der Waals surface area contributed by atoms with Gasteiger partial charge in [0.15, 0.2) is 0 Å². The molecule has 1 aliphatic rings.